The van der Waals surface area contributed by atoms with Gasteiger partial charge in [0.05, 0.1) is 0 Å². The van der Waals surface area contributed by atoms with Gasteiger partial charge in [0.1, 0.15) is 5.78 Å². The predicted octanol–water partition coefficient (Wildman–Crippen LogP) is 1.66. The summed E-state index contributed by atoms with van der Waals surface area (Å²) < 4.78 is 0. The number of nitrogens with zero attached hydrogens (tertiary/aromatic N) is 1. The Morgan fingerprint density at radius 2 is 2.08 bits per heavy atom. The number of carbonyl (C=O) groups excluding carboxylic acids is 1. The summed E-state index contributed by atoms with van der Waals surface area (Å²) in [6.07, 6.45) is 0.793. The molecule has 0 rings (SSSR count). The normalized spacial score (nSPS) is 15.2. The van der Waals surface area contributed by atoms with Gasteiger partial charge in [-0.2, -0.15) is 0 Å². The molecule has 2 unspecified atom stereocenters. The van der Waals surface area contributed by atoms with Gasteiger partial charge in [0, 0.05) is 23.7 Å². The van der Waals surface area contributed by atoms with Crippen molar-refractivity contribution in [1.29, 1.82) is 0 Å². The monoisotopic (exact) mass is 173 g/mol. The third kappa shape index (κ3) is 3.46. The molecule has 0 aromatic rings. The molecule has 0 heterocycles. The first-order chi connectivity index (χ1) is 5.49. The van der Waals surface area contributed by atoms with Gasteiger partial charge in [-0.1, -0.05) is 13.8 Å². The molecule has 0 bridgehead atoms. The van der Waals surface area contributed by atoms with Gasteiger partial charge in [-0.25, -0.2) is 0 Å². The molecule has 0 radical (unpaired) electrons. The van der Waals surface area contributed by atoms with Crippen LogP contribution in [0.3, 0.4) is 0 Å². The first-order valence-electron chi connectivity index (χ1n) is 4.12. The van der Waals surface area contributed by atoms with Crippen LogP contribution in [-0.2, 0) is 4.79 Å². The average Bonchev–Trinajstić information content (AvgIpc) is 1.85. The van der Waals surface area contributed by atoms with E-state index in [0.29, 0.717) is 12.8 Å². The molecule has 0 saturated carbocycles. The summed E-state index contributed by atoms with van der Waals surface area (Å²) >= 11 is 0. The molecule has 4 heteroatoms. The highest BCUT2D eigenvalue weighted by molar-refractivity contribution is 5.75. The molecular formula is C8H15NO3. The molecule has 0 aromatic carbocycles. The molecule has 0 spiro atoms. The minimum absolute atomic E-state index is 0.0165. The minimum Gasteiger partial charge on any atom is -0.300 e. The summed E-state index contributed by atoms with van der Waals surface area (Å²) in [7, 11) is 0. The highest BCUT2D eigenvalue weighted by Gasteiger charge is 2.26. The second-order valence-corrected chi connectivity index (χ2v) is 3.14. The van der Waals surface area contributed by atoms with Crippen molar-refractivity contribution in [2.45, 2.75) is 39.7 Å². The summed E-state index contributed by atoms with van der Waals surface area (Å²) in [5.74, 6) is -0.134. The number of carbonyl (C=O) groups is 1. The van der Waals surface area contributed by atoms with Crippen LogP contribution in [0.2, 0.25) is 0 Å². The van der Waals surface area contributed by atoms with Gasteiger partial charge in [0.2, 0.25) is 6.04 Å². The maximum Gasteiger partial charge on any atom is 0.215 e. The van der Waals surface area contributed by atoms with Crippen molar-refractivity contribution < 1.29 is 9.72 Å². The summed E-state index contributed by atoms with van der Waals surface area (Å²) in [5, 5.41) is 10.4. The summed E-state index contributed by atoms with van der Waals surface area (Å²) in [4.78, 5) is 20.8. The van der Waals surface area contributed by atoms with E-state index in [-0.39, 0.29) is 16.6 Å². The zero-order valence-electron chi connectivity index (χ0n) is 7.74. The van der Waals surface area contributed by atoms with Crippen molar-refractivity contribution in [3.8, 4) is 0 Å². The Bertz CT molecular complexity index is 179. The zero-order valence-corrected chi connectivity index (χ0v) is 7.74. The molecule has 0 amide bonds. The van der Waals surface area contributed by atoms with Crippen molar-refractivity contribution in [2.24, 2.45) is 5.92 Å². The molecule has 0 N–H and O–H groups in total. The topological polar surface area (TPSA) is 60.2 Å². The van der Waals surface area contributed by atoms with Gasteiger partial charge in [-0.05, 0) is 6.92 Å². The summed E-state index contributed by atoms with van der Waals surface area (Å²) in [6, 6.07) is -0.575. The van der Waals surface area contributed by atoms with E-state index in [0.717, 1.165) is 0 Å². The maximum atomic E-state index is 10.7. The molecule has 0 aromatic heterocycles. The fourth-order valence-corrected chi connectivity index (χ4v) is 1.35. The lowest BCUT2D eigenvalue weighted by Gasteiger charge is -2.13. The smallest absolute Gasteiger partial charge is 0.215 e. The van der Waals surface area contributed by atoms with Crippen LogP contribution < -0.4 is 0 Å². The molecule has 0 aliphatic heterocycles. The quantitative estimate of drug-likeness (QED) is 0.469. The first kappa shape index (κ1) is 11.1. The van der Waals surface area contributed by atoms with E-state index in [1.165, 1.54) is 6.92 Å². The fourth-order valence-electron chi connectivity index (χ4n) is 1.35. The van der Waals surface area contributed by atoms with E-state index >= 15 is 0 Å². The largest absolute Gasteiger partial charge is 0.300 e. The van der Waals surface area contributed by atoms with Crippen LogP contribution in [0, 0.1) is 16.0 Å². The van der Waals surface area contributed by atoms with Crippen molar-refractivity contribution in [3.63, 3.8) is 0 Å². The van der Waals surface area contributed by atoms with Crippen LogP contribution in [0.1, 0.15) is 33.6 Å². The average molecular weight is 173 g/mol. The lowest BCUT2D eigenvalue weighted by molar-refractivity contribution is -0.531. The number of ketones is 1. The zero-order chi connectivity index (χ0) is 9.72. The molecule has 70 valence electrons. The van der Waals surface area contributed by atoms with E-state index in [4.69, 9.17) is 0 Å². The number of nitro groups is 1. The van der Waals surface area contributed by atoms with Crippen LogP contribution >= 0.6 is 0 Å². The fraction of sp³-hybridized carbons (Fsp3) is 0.875. The van der Waals surface area contributed by atoms with E-state index < -0.39 is 6.04 Å². The Labute approximate surface area is 72.1 Å². The Morgan fingerprint density at radius 3 is 2.33 bits per heavy atom. The molecule has 0 aliphatic carbocycles. The molecule has 0 aliphatic rings. The number of hydrogen-bond acceptors (Lipinski definition) is 3. The molecule has 4 nitrogen and oxygen atoms in total. The van der Waals surface area contributed by atoms with E-state index in [1.807, 2.05) is 0 Å². The number of hydrogen-bond donors (Lipinski definition) is 0. The Balaban J connectivity index is 4.11. The minimum atomic E-state index is -0.575. The van der Waals surface area contributed by atoms with Gasteiger partial charge >= 0.3 is 0 Å². The van der Waals surface area contributed by atoms with E-state index in [9.17, 15) is 14.9 Å². The van der Waals surface area contributed by atoms with Gasteiger partial charge in [-0.15, -0.1) is 0 Å². The number of rotatable bonds is 5. The highest BCUT2D eigenvalue weighted by atomic mass is 16.6. The first-order valence-corrected chi connectivity index (χ1v) is 4.12. The number of Topliss-reactive ketones (excluding diaryl/α,β-unsaturated/α-hetero) is 1. The highest BCUT2D eigenvalue weighted by Crippen LogP contribution is 2.14. The third-order valence-corrected chi connectivity index (χ3v) is 1.96. The Morgan fingerprint density at radius 1 is 1.58 bits per heavy atom. The van der Waals surface area contributed by atoms with Crippen LogP contribution in [0.4, 0.5) is 0 Å². The lowest BCUT2D eigenvalue weighted by Crippen LogP contribution is -2.27. The molecule has 2 atom stereocenters. The van der Waals surface area contributed by atoms with Gasteiger partial charge in [0.25, 0.3) is 0 Å². The second kappa shape index (κ2) is 4.85. The summed E-state index contributed by atoms with van der Waals surface area (Å²) in [5.41, 5.74) is 0. The van der Waals surface area contributed by atoms with Crippen LogP contribution in [0.15, 0.2) is 0 Å². The predicted molar refractivity (Wildman–Crippen MR) is 45.5 cm³/mol. The van der Waals surface area contributed by atoms with E-state index in [2.05, 4.69) is 0 Å². The van der Waals surface area contributed by atoms with Gasteiger partial charge in [-0.3, -0.25) is 10.1 Å². The molecular weight excluding hydrogens is 158 g/mol. The van der Waals surface area contributed by atoms with Crippen LogP contribution in [0.5, 0.6) is 0 Å². The van der Waals surface area contributed by atoms with Crippen LogP contribution in [-0.4, -0.2) is 16.7 Å². The molecule has 0 fully saturated rings. The van der Waals surface area contributed by atoms with E-state index in [1.54, 1.807) is 13.8 Å². The Kier molecular flexibility index (Phi) is 4.47. The van der Waals surface area contributed by atoms with Crippen LogP contribution in [0.25, 0.3) is 0 Å². The van der Waals surface area contributed by atoms with Gasteiger partial charge in [0.15, 0.2) is 0 Å². The van der Waals surface area contributed by atoms with Crippen molar-refractivity contribution in [3.05, 3.63) is 10.1 Å². The molecule has 12 heavy (non-hydrogen) atoms. The lowest BCUT2D eigenvalue weighted by atomic mass is 9.95. The van der Waals surface area contributed by atoms with Crippen molar-refractivity contribution in [1.82, 2.24) is 0 Å². The maximum absolute atomic E-state index is 10.7. The Hall–Kier alpha value is -0.930. The SMILES string of the molecule is CCC(C(C)CC(C)=O)[N+](=O)[O-]. The third-order valence-electron chi connectivity index (χ3n) is 1.96. The molecule has 0 saturated heterocycles. The van der Waals surface area contributed by atoms with Gasteiger partial charge < -0.3 is 4.79 Å². The van der Waals surface area contributed by atoms with Crippen molar-refractivity contribution in [2.75, 3.05) is 0 Å². The second-order valence-electron chi connectivity index (χ2n) is 3.14. The van der Waals surface area contributed by atoms with Crippen molar-refractivity contribution >= 4 is 5.78 Å². The summed E-state index contributed by atoms with van der Waals surface area (Å²) in [6.45, 7) is 4.98. The standard InChI is InChI=1S/C8H15NO3/c1-4-8(9(11)12)6(2)5-7(3)10/h6,8H,4-5H2,1-3H3.